The minimum atomic E-state index is -0.0492. The lowest BCUT2D eigenvalue weighted by Crippen LogP contribution is -2.25. The molecule has 1 amide bonds. The van der Waals surface area contributed by atoms with Crippen LogP contribution in [0.4, 0.5) is 0 Å². The van der Waals surface area contributed by atoms with Gasteiger partial charge in [-0.15, -0.1) is 0 Å². The molecule has 1 aromatic rings. The van der Waals surface area contributed by atoms with Crippen molar-refractivity contribution < 1.29 is 4.79 Å². The highest BCUT2D eigenvalue weighted by molar-refractivity contribution is 5.78. The summed E-state index contributed by atoms with van der Waals surface area (Å²) in [5, 5.41) is 2.75. The van der Waals surface area contributed by atoms with E-state index in [2.05, 4.69) is 22.1 Å². The Bertz CT molecular complexity index is 421. The second kappa shape index (κ2) is 6.05. The molecule has 17 heavy (non-hydrogen) atoms. The fraction of sp³-hybridized carbons (Fsp3) is 0.429. The van der Waals surface area contributed by atoms with Crippen LogP contribution in [-0.4, -0.2) is 17.4 Å². The van der Waals surface area contributed by atoms with E-state index in [-0.39, 0.29) is 11.3 Å². The van der Waals surface area contributed by atoms with Crippen LogP contribution in [0.5, 0.6) is 0 Å². The Balaban J connectivity index is 2.34. The number of rotatable bonds is 3. The van der Waals surface area contributed by atoms with Gasteiger partial charge in [-0.2, -0.15) is 0 Å². The van der Waals surface area contributed by atoms with Gasteiger partial charge in [-0.05, 0) is 32.9 Å². The van der Waals surface area contributed by atoms with Gasteiger partial charge in [-0.3, -0.25) is 9.78 Å². The number of carbonyl (C=O) groups excluding carboxylic acids is 1. The predicted molar refractivity (Wildman–Crippen MR) is 68.2 cm³/mol. The first-order valence-electron chi connectivity index (χ1n) is 5.64. The highest BCUT2D eigenvalue weighted by atomic mass is 16.1. The highest BCUT2D eigenvalue weighted by Gasteiger charge is 2.04. The summed E-state index contributed by atoms with van der Waals surface area (Å²) in [5.41, 5.74) is 0.750. The number of carbonyl (C=O) groups is 1. The Kier molecular flexibility index (Phi) is 4.71. The highest BCUT2D eigenvalue weighted by Crippen LogP contribution is 2.09. The smallest absolute Gasteiger partial charge is 0.226 e. The standard InChI is InChI=1S/C14H18N2O/c1-14(2,3)8-6-10-16-13(17)11-12-7-4-5-9-15-12/h4-5,7,9H,10-11H2,1-3H3,(H,16,17). The van der Waals surface area contributed by atoms with E-state index in [0.29, 0.717) is 13.0 Å². The van der Waals surface area contributed by atoms with Crippen molar-refractivity contribution in [3.63, 3.8) is 0 Å². The van der Waals surface area contributed by atoms with E-state index in [1.807, 2.05) is 39.0 Å². The minimum absolute atomic E-state index is 0.0221. The molecule has 0 spiro atoms. The molecule has 1 rings (SSSR count). The molecule has 0 atom stereocenters. The fourth-order valence-corrected chi connectivity index (χ4v) is 1.18. The lowest BCUT2D eigenvalue weighted by Gasteiger charge is -2.07. The zero-order chi connectivity index (χ0) is 12.7. The van der Waals surface area contributed by atoms with E-state index in [1.165, 1.54) is 0 Å². The number of nitrogens with zero attached hydrogens (tertiary/aromatic N) is 1. The normalized spacial score (nSPS) is 10.3. The summed E-state index contributed by atoms with van der Waals surface area (Å²) in [6.07, 6.45) is 1.99. The van der Waals surface area contributed by atoms with Gasteiger partial charge in [0.05, 0.1) is 13.0 Å². The van der Waals surface area contributed by atoms with E-state index in [1.54, 1.807) is 6.20 Å². The van der Waals surface area contributed by atoms with Crippen molar-refractivity contribution in [1.29, 1.82) is 0 Å². The SMILES string of the molecule is CC(C)(C)C#CCNC(=O)Cc1ccccn1. The fourth-order valence-electron chi connectivity index (χ4n) is 1.18. The maximum absolute atomic E-state index is 11.5. The van der Waals surface area contributed by atoms with Crippen molar-refractivity contribution in [2.24, 2.45) is 5.41 Å². The Labute approximate surface area is 103 Å². The summed E-state index contributed by atoms with van der Waals surface area (Å²) in [7, 11) is 0. The minimum Gasteiger partial charge on any atom is -0.345 e. The second-order valence-electron chi connectivity index (χ2n) is 4.83. The van der Waals surface area contributed by atoms with Crippen LogP contribution in [0.1, 0.15) is 26.5 Å². The van der Waals surface area contributed by atoms with Crippen LogP contribution < -0.4 is 5.32 Å². The summed E-state index contributed by atoms with van der Waals surface area (Å²) in [4.78, 5) is 15.6. The van der Waals surface area contributed by atoms with Crippen LogP contribution in [0, 0.1) is 17.3 Å². The molecule has 1 heterocycles. The number of hydrogen-bond donors (Lipinski definition) is 1. The topological polar surface area (TPSA) is 42.0 Å². The molecule has 0 aliphatic rings. The van der Waals surface area contributed by atoms with E-state index in [9.17, 15) is 4.79 Å². The lowest BCUT2D eigenvalue weighted by molar-refractivity contribution is -0.120. The van der Waals surface area contributed by atoms with E-state index in [0.717, 1.165) is 5.69 Å². The first-order chi connectivity index (χ1) is 7.97. The van der Waals surface area contributed by atoms with Crippen molar-refractivity contribution in [2.45, 2.75) is 27.2 Å². The second-order valence-corrected chi connectivity index (χ2v) is 4.83. The summed E-state index contributed by atoms with van der Waals surface area (Å²) < 4.78 is 0. The number of amides is 1. The van der Waals surface area contributed by atoms with Gasteiger partial charge in [0.15, 0.2) is 0 Å². The van der Waals surface area contributed by atoms with E-state index >= 15 is 0 Å². The van der Waals surface area contributed by atoms with Gasteiger partial charge in [0.25, 0.3) is 0 Å². The molecule has 0 fully saturated rings. The number of nitrogens with one attached hydrogen (secondary N) is 1. The Hall–Kier alpha value is -1.82. The molecule has 1 aromatic heterocycles. The van der Waals surface area contributed by atoms with Gasteiger partial charge in [0.1, 0.15) is 0 Å². The third-order valence-electron chi connectivity index (χ3n) is 1.91. The molecule has 3 heteroatoms. The largest absolute Gasteiger partial charge is 0.345 e. The zero-order valence-electron chi connectivity index (χ0n) is 10.6. The quantitative estimate of drug-likeness (QED) is 0.804. The third-order valence-corrected chi connectivity index (χ3v) is 1.91. The molecule has 0 bridgehead atoms. The molecular formula is C14H18N2O. The Morgan fingerprint density at radius 3 is 2.76 bits per heavy atom. The molecule has 0 aliphatic carbocycles. The van der Waals surface area contributed by atoms with Crippen molar-refractivity contribution >= 4 is 5.91 Å². The van der Waals surface area contributed by atoms with Gasteiger partial charge in [-0.1, -0.05) is 17.9 Å². The molecule has 3 nitrogen and oxygen atoms in total. The van der Waals surface area contributed by atoms with Crippen molar-refractivity contribution in [3.8, 4) is 11.8 Å². The first kappa shape index (κ1) is 13.2. The summed E-state index contributed by atoms with van der Waals surface area (Å²) in [6.45, 7) is 6.50. The molecule has 0 saturated heterocycles. The van der Waals surface area contributed by atoms with Crippen molar-refractivity contribution in [3.05, 3.63) is 30.1 Å². The predicted octanol–water partition coefficient (Wildman–Crippen LogP) is 1.79. The van der Waals surface area contributed by atoms with Crippen LogP contribution in [0.25, 0.3) is 0 Å². The zero-order valence-corrected chi connectivity index (χ0v) is 10.6. The summed E-state index contributed by atoms with van der Waals surface area (Å²) >= 11 is 0. The van der Waals surface area contributed by atoms with Gasteiger partial charge in [0, 0.05) is 17.3 Å². The molecule has 1 N–H and O–H groups in total. The average molecular weight is 230 g/mol. The van der Waals surface area contributed by atoms with Gasteiger partial charge in [0.2, 0.25) is 5.91 Å². The van der Waals surface area contributed by atoms with E-state index < -0.39 is 0 Å². The van der Waals surface area contributed by atoms with E-state index in [4.69, 9.17) is 0 Å². The van der Waals surface area contributed by atoms with Crippen molar-refractivity contribution in [2.75, 3.05) is 6.54 Å². The first-order valence-corrected chi connectivity index (χ1v) is 5.64. The molecule has 0 aromatic carbocycles. The average Bonchev–Trinajstić information content (AvgIpc) is 2.25. The summed E-state index contributed by atoms with van der Waals surface area (Å²) in [5.74, 6) is 5.95. The molecular weight excluding hydrogens is 212 g/mol. The molecule has 0 saturated carbocycles. The molecule has 0 unspecified atom stereocenters. The third kappa shape index (κ3) is 6.36. The van der Waals surface area contributed by atoms with Gasteiger partial charge in [-0.25, -0.2) is 0 Å². The molecule has 0 radical (unpaired) electrons. The van der Waals surface area contributed by atoms with Gasteiger partial charge < -0.3 is 5.32 Å². The van der Waals surface area contributed by atoms with Crippen LogP contribution in [0.2, 0.25) is 0 Å². The number of aromatic nitrogens is 1. The Morgan fingerprint density at radius 2 is 2.18 bits per heavy atom. The van der Waals surface area contributed by atoms with Crippen LogP contribution >= 0.6 is 0 Å². The Morgan fingerprint density at radius 1 is 1.41 bits per heavy atom. The van der Waals surface area contributed by atoms with Crippen LogP contribution in [0.3, 0.4) is 0 Å². The number of hydrogen-bond acceptors (Lipinski definition) is 2. The molecule has 0 aliphatic heterocycles. The summed E-state index contributed by atoms with van der Waals surface area (Å²) in [6, 6.07) is 5.53. The maximum atomic E-state index is 11.5. The number of pyridine rings is 1. The van der Waals surface area contributed by atoms with Crippen LogP contribution in [0.15, 0.2) is 24.4 Å². The van der Waals surface area contributed by atoms with Crippen molar-refractivity contribution in [1.82, 2.24) is 10.3 Å². The monoisotopic (exact) mass is 230 g/mol. The lowest BCUT2D eigenvalue weighted by atomic mass is 9.98. The maximum Gasteiger partial charge on any atom is 0.226 e. The van der Waals surface area contributed by atoms with Gasteiger partial charge >= 0.3 is 0 Å². The van der Waals surface area contributed by atoms with Crippen LogP contribution in [-0.2, 0) is 11.2 Å². The molecule has 90 valence electrons.